The number of para-hydroxylation sites is 1. The summed E-state index contributed by atoms with van der Waals surface area (Å²) < 4.78 is 6.88. The molecule has 0 aliphatic carbocycles. The van der Waals surface area contributed by atoms with E-state index < -0.39 is 0 Å². The zero-order chi connectivity index (χ0) is 28.1. The van der Waals surface area contributed by atoms with Crippen LogP contribution in [0, 0.1) is 6.92 Å². The van der Waals surface area contributed by atoms with Crippen LogP contribution in [0.2, 0.25) is 0 Å². The van der Waals surface area contributed by atoms with Crippen LogP contribution in [-0.2, 0) is 14.3 Å². The highest BCUT2D eigenvalue weighted by Crippen LogP contribution is 2.30. The normalized spacial score (nSPS) is 11.9. The number of aromatic nitrogens is 2. The summed E-state index contributed by atoms with van der Waals surface area (Å²) >= 11 is 0. The first-order valence-electron chi connectivity index (χ1n) is 12.6. The maximum absolute atomic E-state index is 10.8. The van der Waals surface area contributed by atoms with Gasteiger partial charge in [0.05, 0.1) is 17.0 Å². The fourth-order valence-electron chi connectivity index (χ4n) is 2.85. The molecule has 0 unspecified atom stereocenters. The lowest BCUT2D eigenvalue weighted by Gasteiger charge is -2.21. The van der Waals surface area contributed by atoms with Crippen LogP contribution in [0.25, 0.3) is 11.3 Å². The van der Waals surface area contributed by atoms with Crippen LogP contribution in [0.15, 0.2) is 36.4 Å². The molecule has 2 amide bonds. The number of amides is 2. The van der Waals surface area contributed by atoms with Crippen LogP contribution in [0.3, 0.4) is 0 Å². The van der Waals surface area contributed by atoms with Crippen molar-refractivity contribution in [1.82, 2.24) is 14.7 Å². The summed E-state index contributed by atoms with van der Waals surface area (Å²) in [6.45, 7) is 17.8. The number of primary amides is 1. The third-order valence-electron chi connectivity index (χ3n) is 4.67. The van der Waals surface area contributed by atoms with E-state index in [9.17, 15) is 4.79 Å². The van der Waals surface area contributed by atoms with Crippen molar-refractivity contribution in [3.8, 4) is 5.69 Å². The van der Waals surface area contributed by atoms with Gasteiger partial charge in [-0.25, -0.2) is 4.68 Å². The summed E-state index contributed by atoms with van der Waals surface area (Å²) in [5.74, 6) is 1.000. The molecular weight excluding hydrogens is 454 g/mol. The fraction of sp³-hybridized carbons (Fsp3) is 0.536. The van der Waals surface area contributed by atoms with Crippen molar-refractivity contribution in [2.45, 2.75) is 73.8 Å². The second-order valence-corrected chi connectivity index (χ2v) is 8.56. The molecule has 1 aliphatic heterocycles. The minimum atomic E-state index is 0.0417. The van der Waals surface area contributed by atoms with Gasteiger partial charge in [0.2, 0.25) is 12.8 Å². The van der Waals surface area contributed by atoms with Crippen molar-refractivity contribution in [2.75, 3.05) is 32.6 Å². The van der Waals surface area contributed by atoms with Gasteiger partial charge in [-0.3, -0.25) is 9.59 Å². The summed E-state index contributed by atoms with van der Waals surface area (Å²) in [4.78, 5) is 21.2. The van der Waals surface area contributed by atoms with Gasteiger partial charge in [0, 0.05) is 32.8 Å². The summed E-state index contributed by atoms with van der Waals surface area (Å²) in [5.41, 5.74) is 8.60. The van der Waals surface area contributed by atoms with Gasteiger partial charge in [-0.1, -0.05) is 58.4 Å². The number of carbonyl (C=O) groups is 2. The molecule has 1 aromatic carbocycles. The Morgan fingerprint density at radius 3 is 2.00 bits per heavy atom. The Morgan fingerprint density at radius 2 is 1.64 bits per heavy atom. The number of nitrogens with one attached hydrogen (secondary N) is 1. The van der Waals surface area contributed by atoms with E-state index in [0.717, 1.165) is 42.1 Å². The van der Waals surface area contributed by atoms with E-state index in [0.29, 0.717) is 6.54 Å². The lowest BCUT2D eigenvalue weighted by Crippen LogP contribution is -2.26. The molecule has 1 aliphatic rings. The maximum Gasteiger partial charge on any atom is 0.209 e. The third kappa shape index (κ3) is 13.1. The van der Waals surface area contributed by atoms with Crippen LogP contribution in [-0.4, -0.2) is 60.3 Å². The Hall–Kier alpha value is -3.13. The largest absolute Gasteiger partial charge is 0.379 e. The van der Waals surface area contributed by atoms with Crippen LogP contribution >= 0.6 is 0 Å². The lowest BCUT2D eigenvalue weighted by atomic mass is 10.0. The monoisotopic (exact) mass is 503 g/mol. The molecule has 3 rings (SSSR count). The number of carbonyl (C=O) groups excluding carboxylic acids is 2. The number of nitrogens with zero attached hydrogens (tertiary/aromatic N) is 3. The van der Waals surface area contributed by atoms with E-state index in [-0.39, 0.29) is 12.0 Å². The average molecular weight is 504 g/mol. The Bertz CT molecular complexity index is 871. The minimum Gasteiger partial charge on any atom is -0.379 e. The number of rotatable bonds is 4. The summed E-state index contributed by atoms with van der Waals surface area (Å²) in [6, 6.07) is 10.1. The molecule has 0 saturated carbocycles. The predicted octanol–water partition coefficient (Wildman–Crippen LogP) is 5.44. The van der Waals surface area contributed by atoms with Crippen molar-refractivity contribution in [1.29, 1.82) is 0 Å². The van der Waals surface area contributed by atoms with E-state index in [1.54, 1.807) is 12.0 Å². The molecule has 2 heterocycles. The molecule has 8 nitrogen and oxygen atoms in total. The van der Waals surface area contributed by atoms with Crippen LogP contribution < -0.4 is 11.1 Å². The van der Waals surface area contributed by atoms with Gasteiger partial charge in [-0.2, -0.15) is 5.10 Å². The molecule has 2 aromatic rings. The molecule has 204 valence electrons. The van der Waals surface area contributed by atoms with E-state index in [2.05, 4.69) is 37.9 Å². The van der Waals surface area contributed by atoms with Crippen molar-refractivity contribution >= 4 is 24.2 Å². The number of methoxy groups -OCH3 is 1. The molecule has 0 spiro atoms. The molecular formula is C28H49N5O3. The number of nitrogens with two attached hydrogens (primary N) is 1. The minimum absolute atomic E-state index is 0.0417. The molecule has 36 heavy (non-hydrogen) atoms. The molecule has 3 N–H and O–H groups in total. The molecule has 1 aromatic heterocycles. The zero-order valence-corrected chi connectivity index (χ0v) is 24.1. The first kappa shape index (κ1) is 35.0. The second-order valence-electron chi connectivity index (χ2n) is 8.56. The number of anilines is 1. The van der Waals surface area contributed by atoms with Crippen LogP contribution in [0.5, 0.6) is 0 Å². The third-order valence-corrected chi connectivity index (χ3v) is 4.67. The van der Waals surface area contributed by atoms with Gasteiger partial charge in [-0.05, 0) is 51.8 Å². The van der Waals surface area contributed by atoms with E-state index >= 15 is 0 Å². The van der Waals surface area contributed by atoms with Crippen molar-refractivity contribution in [2.24, 2.45) is 5.73 Å². The number of benzene rings is 1. The number of ether oxygens (including phenoxy) is 1. The van der Waals surface area contributed by atoms with Gasteiger partial charge >= 0.3 is 0 Å². The zero-order valence-electron chi connectivity index (χ0n) is 24.1. The van der Waals surface area contributed by atoms with E-state index in [4.69, 9.17) is 14.6 Å². The van der Waals surface area contributed by atoms with Gasteiger partial charge in [0.15, 0.2) is 0 Å². The van der Waals surface area contributed by atoms with Crippen LogP contribution in [0.1, 0.15) is 72.6 Å². The van der Waals surface area contributed by atoms with Crippen LogP contribution in [0.4, 0.5) is 5.82 Å². The second kappa shape index (κ2) is 20.1. The van der Waals surface area contributed by atoms with Crippen molar-refractivity contribution < 1.29 is 14.3 Å². The van der Waals surface area contributed by atoms with E-state index in [1.807, 2.05) is 76.7 Å². The number of hydrogen-bond donors (Lipinski definition) is 2. The molecule has 8 heteroatoms. The van der Waals surface area contributed by atoms with Gasteiger partial charge < -0.3 is 20.7 Å². The van der Waals surface area contributed by atoms with Gasteiger partial charge in [0.25, 0.3) is 0 Å². The first-order chi connectivity index (χ1) is 17.1. The standard InChI is InChI=1S/C17H20N4O.C5H12O.C3H8.C2H6.CH3NO/c1-13-16(14-8-10-20(12-22)11-9-14)19-21(17(13)18-2)15-6-4-3-5-7-15;1-5(2,3)6-4;1-3-2;1-2;2-1-3/h3-8,12,18H,9-11H2,1-2H3;1-4H3;3H2,1-2H3;1-2H3;1H,(H2,2,3). The predicted molar refractivity (Wildman–Crippen MR) is 152 cm³/mol. The smallest absolute Gasteiger partial charge is 0.209 e. The summed E-state index contributed by atoms with van der Waals surface area (Å²) in [7, 11) is 3.62. The average Bonchev–Trinajstić information content (AvgIpc) is 3.23. The molecule has 0 bridgehead atoms. The van der Waals surface area contributed by atoms with Gasteiger partial charge in [-0.15, -0.1) is 0 Å². The first-order valence-corrected chi connectivity index (χ1v) is 12.6. The Balaban J connectivity index is 0. The Kier molecular flexibility index (Phi) is 19.6. The highest BCUT2D eigenvalue weighted by Gasteiger charge is 2.20. The lowest BCUT2D eigenvalue weighted by molar-refractivity contribution is -0.117. The molecule has 0 radical (unpaired) electrons. The molecule has 0 atom stereocenters. The fourth-order valence-corrected chi connectivity index (χ4v) is 2.85. The van der Waals surface area contributed by atoms with Gasteiger partial charge in [0.1, 0.15) is 5.82 Å². The molecule has 0 saturated heterocycles. The Morgan fingerprint density at radius 1 is 1.14 bits per heavy atom. The summed E-state index contributed by atoms with van der Waals surface area (Å²) in [6.07, 6.45) is 5.35. The maximum atomic E-state index is 10.8. The quantitative estimate of drug-likeness (QED) is 0.541. The van der Waals surface area contributed by atoms with E-state index in [1.165, 1.54) is 12.0 Å². The number of hydrogen-bond acceptors (Lipinski definition) is 5. The molecule has 0 fully saturated rings. The van der Waals surface area contributed by atoms with Crippen molar-refractivity contribution in [3.63, 3.8) is 0 Å². The topological polar surface area (TPSA) is 102 Å². The van der Waals surface area contributed by atoms with Crippen molar-refractivity contribution in [3.05, 3.63) is 47.7 Å². The Labute approximate surface area is 218 Å². The highest BCUT2D eigenvalue weighted by atomic mass is 16.5. The SMILES string of the molecule is CC.CCC.CNc1c(C)c(C2=CCN(C=O)CC2)nn1-c1ccccc1.COC(C)(C)C.NC=O. The highest BCUT2D eigenvalue weighted by molar-refractivity contribution is 5.72. The summed E-state index contributed by atoms with van der Waals surface area (Å²) in [5, 5.41) is 8.05.